The van der Waals surface area contributed by atoms with Crippen molar-refractivity contribution in [1.82, 2.24) is 9.97 Å². The van der Waals surface area contributed by atoms with Gasteiger partial charge in [0.05, 0.1) is 17.4 Å². The molecule has 0 amide bonds. The first-order valence-electron chi connectivity index (χ1n) is 4.41. The van der Waals surface area contributed by atoms with Crippen LogP contribution in [0.2, 0.25) is 0 Å². The lowest BCUT2D eigenvalue weighted by Gasteiger charge is -2.15. The highest BCUT2D eigenvalue weighted by molar-refractivity contribution is 5.68. The molecule has 0 aromatic carbocycles. The van der Waals surface area contributed by atoms with E-state index in [1.807, 2.05) is 6.07 Å². The summed E-state index contributed by atoms with van der Waals surface area (Å²) < 4.78 is 0. The van der Waals surface area contributed by atoms with Gasteiger partial charge in [0.25, 0.3) is 0 Å². The molecule has 0 aliphatic rings. The fourth-order valence-corrected chi connectivity index (χ4v) is 1.16. The predicted molar refractivity (Wildman–Crippen MR) is 56.6 cm³/mol. The minimum absolute atomic E-state index is 0.118. The van der Waals surface area contributed by atoms with Gasteiger partial charge in [-0.1, -0.05) is 0 Å². The number of nitriles is 1. The number of nitrogen functional groups attached to an aromatic ring is 1. The molecule has 84 valence electrons. The van der Waals surface area contributed by atoms with E-state index in [9.17, 15) is 10.1 Å². The van der Waals surface area contributed by atoms with Crippen LogP contribution in [0.25, 0.3) is 0 Å². The van der Waals surface area contributed by atoms with Crippen LogP contribution in [0.15, 0.2) is 6.33 Å². The molecule has 1 heterocycles. The number of hydrogen-bond acceptors (Lipinski definition) is 7. The molecule has 1 aromatic heterocycles. The third kappa shape index (κ3) is 2.33. The Hall–Kier alpha value is -2.43. The van der Waals surface area contributed by atoms with Crippen LogP contribution in [-0.4, -0.2) is 28.5 Å². The van der Waals surface area contributed by atoms with E-state index in [0.717, 1.165) is 6.33 Å². The molecule has 0 saturated heterocycles. The topological polar surface area (TPSA) is 122 Å². The van der Waals surface area contributed by atoms with E-state index in [2.05, 4.69) is 9.97 Å². The first-order chi connectivity index (χ1) is 7.57. The summed E-state index contributed by atoms with van der Waals surface area (Å²) in [6.07, 6.45) is 1.40. The van der Waals surface area contributed by atoms with Gasteiger partial charge in [0.2, 0.25) is 11.6 Å². The van der Waals surface area contributed by atoms with Gasteiger partial charge in [-0.25, -0.2) is 9.97 Å². The van der Waals surface area contributed by atoms with Gasteiger partial charge in [-0.05, 0) is 0 Å². The number of nitrogens with zero attached hydrogens (tertiary/aromatic N) is 5. The second-order valence-electron chi connectivity index (χ2n) is 3.02. The summed E-state index contributed by atoms with van der Waals surface area (Å²) in [6.45, 7) is 0.341. The third-order valence-corrected chi connectivity index (χ3v) is 1.93. The summed E-state index contributed by atoms with van der Waals surface area (Å²) >= 11 is 0. The largest absolute Gasteiger partial charge is 0.378 e. The van der Waals surface area contributed by atoms with Gasteiger partial charge < -0.3 is 10.6 Å². The molecule has 8 heteroatoms. The van der Waals surface area contributed by atoms with E-state index in [4.69, 9.17) is 11.0 Å². The van der Waals surface area contributed by atoms with Crippen LogP contribution in [0.4, 0.5) is 17.3 Å². The van der Waals surface area contributed by atoms with Gasteiger partial charge in [-0.15, -0.1) is 0 Å². The molecule has 0 saturated carbocycles. The molecule has 0 fully saturated rings. The normalized spacial score (nSPS) is 9.50. The standard InChI is InChI=1S/C8H10N6O2/c1-13(4-2-3-9)8-6(14(15)16)7(10)11-5-12-8/h5H,2,4H2,1H3,(H2,10,11,12). The Bertz CT molecular complexity index is 441. The molecule has 0 bridgehead atoms. The van der Waals surface area contributed by atoms with Crippen LogP contribution >= 0.6 is 0 Å². The first kappa shape index (κ1) is 11.6. The van der Waals surface area contributed by atoms with Gasteiger partial charge in [0.1, 0.15) is 6.33 Å². The van der Waals surface area contributed by atoms with Crippen molar-refractivity contribution >= 4 is 17.3 Å². The minimum atomic E-state index is -0.631. The van der Waals surface area contributed by atoms with E-state index >= 15 is 0 Å². The monoisotopic (exact) mass is 222 g/mol. The van der Waals surface area contributed by atoms with Crippen LogP contribution in [0.5, 0.6) is 0 Å². The fraction of sp³-hybridized carbons (Fsp3) is 0.375. The van der Waals surface area contributed by atoms with Crippen molar-refractivity contribution in [2.75, 3.05) is 24.2 Å². The zero-order valence-corrected chi connectivity index (χ0v) is 8.62. The quantitative estimate of drug-likeness (QED) is 0.574. The zero-order chi connectivity index (χ0) is 12.1. The molecule has 2 N–H and O–H groups in total. The van der Waals surface area contributed by atoms with Crippen molar-refractivity contribution in [2.24, 2.45) is 0 Å². The maximum atomic E-state index is 10.8. The molecular weight excluding hydrogens is 212 g/mol. The first-order valence-corrected chi connectivity index (χ1v) is 4.41. The number of hydrogen-bond donors (Lipinski definition) is 1. The summed E-state index contributed by atoms with van der Waals surface area (Å²) in [7, 11) is 1.60. The van der Waals surface area contributed by atoms with Gasteiger partial charge in [-0.2, -0.15) is 5.26 Å². The van der Waals surface area contributed by atoms with Gasteiger partial charge in [0.15, 0.2) is 0 Å². The molecule has 1 rings (SSSR count). The Morgan fingerprint density at radius 2 is 2.38 bits per heavy atom. The molecule has 16 heavy (non-hydrogen) atoms. The predicted octanol–water partition coefficient (Wildman–Crippen LogP) is 0.317. The Morgan fingerprint density at radius 1 is 1.69 bits per heavy atom. The van der Waals surface area contributed by atoms with Crippen molar-refractivity contribution < 1.29 is 4.92 Å². The maximum Gasteiger partial charge on any atom is 0.353 e. The number of rotatable bonds is 4. The second kappa shape index (κ2) is 4.88. The van der Waals surface area contributed by atoms with Crippen LogP contribution < -0.4 is 10.6 Å². The zero-order valence-electron chi connectivity index (χ0n) is 8.62. The highest BCUT2D eigenvalue weighted by atomic mass is 16.6. The number of aromatic nitrogens is 2. The van der Waals surface area contributed by atoms with E-state index in [-0.39, 0.29) is 23.7 Å². The van der Waals surface area contributed by atoms with E-state index < -0.39 is 4.92 Å². The molecule has 0 aliphatic heterocycles. The Labute approximate surface area is 91.5 Å². The van der Waals surface area contributed by atoms with Crippen molar-refractivity contribution in [2.45, 2.75) is 6.42 Å². The number of nitrogens with two attached hydrogens (primary N) is 1. The molecular formula is C8H10N6O2. The highest BCUT2D eigenvalue weighted by Crippen LogP contribution is 2.28. The fourth-order valence-electron chi connectivity index (χ4n) is 1.16. The maximum absolute atomic E-state index is 10.8. The summed E-state index contributed by atoms with van der Waals surface area (Å²) in [5.41, 5.74) is 5.07. The lowest BCUT2D eigenvalue weighted by atomic mass is 10.3. The van der Waals surface area contributed by atoms with E-state index in [0.29, 0.717) is 6.54 Å². The Balaban J connectivity index is 3.08. The van der Waals surface area contributed by atoms with Gasteiger partial charge >= 0.3 is 5.69 Å². The summed E-state index contributed by atoms with van der Waals surface area (Å²) in [6, 6.07) is 1.95. The summed E-state index contributed by atoms with van der Waals surface area (Å²) in [5, 5.41) is 19.2. The minimum Gasteiger partial charge on any atom is -0.378 e. The molecule has 0 spiro atoms. The average Bonchev–Trinajstić information content (AvgIpc) is 2.24. The van der Waals surface area contributed by atoms with Crippen molar-refractivity contribution in [1.29, 1.82) is 5.26 Å². The molecule has 1 aromatic rings. The van der Waals surface area contributed by atoms with E-state index in [1.54, 1.807) is 7.05 Å². The number of nitro groups is 1. The van der Waals surface area contributed by atoms with Crippen LogP contribution in [0, 0.1) is 21.4 Å². The van der Waals surface area contributed by atoms with Crippen molar-refractivity contribution in [3.8, 4) is 6.07 Å². The smallest absolute Gasteiger partial charge is 0.353 e. The Kier molecular flexibility index (Phi) is 3.55. The average molecular weight is 222 g/mol. The molecule has 0 atom stereocenters. The Morgan fingerprint density at radius 3 is 2.94 bits per heavy atom. The summed E-state index contributed by atoms with van der Waals surface area (Å²) in [5.74, 6) is -0.0634. The van der Waals surface area contributed by atoms with Gasteiger partial charge in [-0.3, -0.25) is 10.1 Å². The van der Waals surface area contributed by atoms with Crippen LogP contribution in [0.1, 0.15) is 6.42 Å². The van der Waals surface area contributed by atoms with Crippen molar-refractivity contribution in [3.63, 3.8) is 0 Å². The van der Waals surface area contributed by atoms with E-state index in [1.165, 1.54) is 4.90 Å². The lowest BCUT2D eigenvalue weighted by molar-refractivity contribution is -0.383. The molecule has 0 aliphatic carbocycles. The highest BCUT2D eigenvalue weighted by Gasteiger charge is 2.23. The van der Waals surface area contributed by atoms with Crippen LogP contribution in [0.3, 0.4) is 0 Å². The summed E-state index contributed by atoms with van der Waals surface area (Å²) in [4.78, 5) is 19.0. The van der Waals surface area contributed by atoms with Gasteiger partial charge in [0, 0.05) is 13.6 Å². The van der Waals surface area contributed by atoms with Crippen LogP contribution in [-0.2, 0) is 0 Å². The SMILES string of the molecule is CN(CCC#N)c1ncnc(N)c1[N+](=O)[O-]. The van der Waals surface area contributed by atoms with Crippen molar-refractivity contribution in [3.05, 3.63) is 16.4 Å². The second-order valence-corrected chi connectivity index (χ2v) is 3.02. The number of anilines is 2. The molecule has 0 unspecified atom stereocenters. The molecule has 8 nitrogen and oxygen atoms in total. The molecule has 0 radical (unpaired) electrons. The lowest BCUT2D eigenvalue weighted by Crippen LogP contribution is -2.21. The third-order valence-electron chi connectivity index (χ3n) is 1.93.